The first kappa shape index (κ1) is 14.5. The van der Waals surface area contributed by atoms with Gasteiger partial charge in [-0.2, -0.15) is 0 Å². The van der Waals surface area contributed by atoms with E-state index in [4.69, 9.17) is 0 Å². The molecule has 0 radical (unpaired) electrons. The Kier molecular flexibility index (Phi) is 5.37. The Morgan fingerprint density at radius 2 is 2.00 bits per heavy atom. The Morgan fingerprint density at radius 1 is 1.26 bits per heavy atom. The Labute approximate surface area is 116 Å². The van der Waals surface area contributed by atoms with Gasteiger partial charge in [0.2, 0.25) is 0 Å². The first-order chi connectivity index (χ1) is 9.30. The second kappa shape index (κ2) is 7.04. The summed E-state index contributed by atoms with van der Waals surface area (Å²) in [6.07, 6.45) is 1.10. The zero-order valence-corrected chi connectivity index (χ0v) is 12.2. The van der Waals surface area contributed by atoms with E-state index in [1.807, 2.05) is 0 Å². The Hall–Kier alpha value is -0.900. The van der Waals surface area contributed by atoms with Gasteiger partial charge >= 0.3 is 0 Å². The first-order valence-electron chi connectivity index (χ1n) is 7.45. The average Bonchev–Trinajstić information content (AvgIpc) is 2.47. The lowest BCUT2D eigenvalue weighted by Gasteiger charge is -2.37. The maximum atomic E-state index is 9.73. The minimum atomic E-state index is 0.181. The monoisotopic (exact) mass is 262 g/mol. The third-order valence-corrected chi connectivity index (χ3v) is 4.29. The molecule has 1 aromatic rings. The van der Waals surface area contributed by atoms with Crippen LogP contribution in [0.25, 0.3) is 0 Å². The summed E-state index contributed by atoms with van der Waals surface area (Å²) in [6.45, 7) is 10.0. The van der Waals surface area contributed by atoms with Gasteiger partial charge < -0.3 is 10.0 Å². The highest BCUT2D eigenvalue weighted by Gasteiger charge is 2.26. The van der Waals surface area contributed by atoms with Crippen LogP contribution in [0.15, 0.2) is 24.3 Å². The average molecular weight is 262 g/mol. The molecule has 19 heavy (non-hydrogen) atoms. The van der Waals surface area contributed by atoms with Crippen LogP contribution in [0.3, 0.4) is 0 Å². The van der Waals surface area contributed by atoms with Crippen molar-refractivity contribution in [2.45, 2.75) is 26.3 Å². The fraction of sp³-hybridized carbons (Fsp3) is 0.625. The topological polar surface area (TPSA) is 26.7 Å². The van der Waals surface area contributed by atoms with Crippen molar-refractivity contribution in [1.29, 1.82) is 0 Å². The smallest absolute Gasteiger partial charge is 0.0628 e. The lowest BCUT2D eigenvalue weighted by atomic mass is 9.93. The van der Waals surface area contributed by atoms with Crippen molar-refractivity contribution in [2.75, 3.05) is 39.3 Å². The number of hydrogen-bond acceptors (Lipinski definition) is 3. The van der Waals surface area contributed by atoms with Crippen molar-refractivity contribution in [2.24, 2.45) is 0 Å². The van der Waals surface area contributed by atoms with Crippen molar-refractivity contribution in [3.05, 3.63) is 35.4 Å². The van der Waals surface area contributed by atoms with Crippen molar-refractivity contribution in [1.82, 2.24) is 9.80 Å². The van der Waals surface area contributed by atoms with Crippen LogP contribution in [-0.4, -0.2) is 54.2 Å². The van der Waals surface area contributed by atoms with Gasteiger partial charge in [0.05, 0.1) is 12.6 Å². The molecule has 0 aliphatic carbocycles. The standard InChI is InChI=1S/C16H26N2O/c1-3-17(4-2)11-12-18-10-9-14-7-5-6-8-15(14)16(18)13-19/h5-8,16,19H,3-4,9-13H2,1-2H3. The molecule has 1 unspecified atom stereocenters. The van der Waals surface area contributed by atoms with Crippen LogP contribution < -0.4 is 0 Å². The predicted molar refractivity (Wildman–Crippen MR) is 79.3 cm³/mol. The molecule has 1 atom stereocenters. The summed E-state index contributed by atoms with van der Waals surface area (Å²) in [6, 6.07) is 8.72. The SMILES string of the molecule is CCN(CC)CCN1CCc2ccccc2C1CO. The zero-order valence-electron chi connectivity index (χ0n) is 12.2. The van der Waals surface area contributed by atoms with E-state index >= 15 is 0 Å². The fourth-order valence-electron chi connectivity index (χ4n) is 2.99. The molecule has 0 spiro atoms. The summed E-state index contributed by atoms with van der Waals surface area (Å²) >= 11 is 0. The van der Waals surface area contributed by atoms with E-state index in [2.05, 4.69) is 47.9 Å². The third kappa shape index (κ3) is 3.35. The molecule has 0 saturated carbocycles. The largest absolute Gasteiger partial charge is 0.394 e. The quantitative estimate of drug-likeness (QED) is 0.848. The zero-order chi connectivity index (χ0) is 13.7. The van der Waals surface area contributed by atoms with Gasteiger partial charge in [-0.3, -0.25) is 4.90 Å². The molecule has 0 amide bonds. The number of aliphatic hydroxyl groups excluding tert-OH is 1. The number of hydrogen-bond donors (Lipinski definition) is 1. The summed E-state index contributed by atoms with van der Waals surface area (Å²) < 4.78 is 0. The number of likely N-dealkylation sites (N-methyl/N-ethyl adjacent to an activating group) is 1. The van der Waals surface area contributed by atoms with Gasteiger partial charge in [-0.25, -0.2) is 0 Å². The number of benzene rings is 1. The van der Waals surface area contributed by atoms with Crippen LogP contribution in [0.5, 0.6) is 0 Å². The molecule has 106 valence electrons. The van der Waals surface area contributed by atoms with Gasteiger partial charge in [-0.05, 0) is 30.6 Å². The van der Waals surface area contributed by atoms with E-state index in [0.717, 1.165) is 39.1 Å². The van der Waals surface area contributed by atoms with Gasteiger partial charge in [-0.15, -0.1) is 0 Å². The summed E-state index contributed by atoms with van der Waals surface area (Å²) in [7, 11) is 0. The lowest BCUT2D eigenvalue weighted by Crippen LogP contribution is -2.42. The van der Waals surface area contributed by atoms with Crippen LogP contribution in [-0.2, 0) is 6.42 Å². The summed E-state index contributed by atoms with van der Waals surface area (Å²) in [5.41, 5.74) is 2.72. The van der Waals surface area contributed by atoms with E-state index in [-0.39, 0.29) is 12.6 Å². The van der Waals surface area contributed by atoms with Crippen LogP contribution in [0.2, 0.25) is 0 Å². The fourth-order valence-corrected chi connectivity index (χ4v) is 2.99. The molecule has 0 bridgehead atoms. The molecular weight excluding hydrogens is 236 g/mol. The number of aliphatic hydroxyl groups is 1. The van der Waals surface area contributed by atoms with E-state index in [1.54, 1.807) is 0 Å². The molecule has 1 aliphatic heterocycles. The van der Waals surface area contributed by atoms with Crippen molar-refractivity contribution < 1.29 is 5.11 Å². The first-order valence-corrected chi connectivity index (χ1v) is 7.45. The van der Waals surface area contributed by atoms with Crippen LogP contribution >= 0.6 is 0 Å². The molecule has 1 aliphatic rings. The van der Waals surface area contributed by atoms with E-state index in [0.29, 0.717) is 0 Å². The number of fused-ring (bicyclic) bond motifs is 1. The Balaban J connectivity index is 2.03. The number of rotatable bonds is 6. The van der Waals surface area contributed by atoms with Gasteiger partial charge in [-0.1, -0.05) is 38.1 Å². The van der Waals surface area contributed by atoms with Gasteiger partial charge in [0.25, 0.3) is 0 Å². The van der Waals surface area contributed by atoms with Gasteiger partial charge in [0.15, 0.2) is 0 Å². The highest BCUT2D eigenvalue weighted by Crippen LogP contribution is 2.28. The molecule has 0 fully saturated rings. The van der Waals surface area contributed by atoms with E-state index in [1.165, 1.54) is 11.1 Å². The molecule has 0 saturated heterocycles. The summed E-state index contributed by atoms with van der Waals surface area (Å²) in [4.78, 5) is 4.87. The minimum Gasteiger partial charge on any atom is -0.394 e. The molecule has 0 aromatic heterocycles. The summed E-state index contributed by atoms with van der Waals surface area (Å²) in [5.74, 6) is 0. The third-order valence-electron chi connectivity index (χ3n) is 4.29. The number of nitrogens with zero attached hydrogens (tertiary/aromatic N) is 2. The van der Waals surface area contributed by atoms with Crippen LogP contribution in [0, 0.1) is 0 Å². The molecule has 2 rings (SSSR count). The lowest BCUT2D eigenvalue weighted by molar-refractivity contribution is 0.102. The van der Waals surface area contributed by atoms with Gasteiger partial charge in [0.1, 0.15) is 0 Å². The van der Waals surface area contributed by atoms with E-state index in [9.17, 15) is 5.11 Å². The molecule has 1 heterocycles. The maximum absolute atomic E-state index is 9.73. The molecule has 1 aromatic carbocycles. The maximum Gasteiger partial charge on any atom is 0.0628 e. The van der Waals surface area contributed by atoms with Crippen LogP contribution in [0.4, 0.5) is 0 Å². The molecular formula is C16H26N2O. The minimum absolute atomic E-state index is 0.181. The highest BCUT2D eigenvalue weighted by molar-refractivity contribution is 5.32. The van der Waals surface area contributed by atoms with Crippen molar-refractivity contribution >= 4 is 0 Å². The summed E-state index contributed by atoms with van der Waals surface area (Å²) in [5, 5.41) is 9.73. The normalized spacial score (nSPS) is 19.7. The molecule has 3 heteroatoms. The van der Waals surface area contributed by atoms with E-state index < -0.39 is 0 Å². The molecule has 1 N–H and O–H groups in total. The second-order valence-electron chi connectivity index (χ2n) is 5.21. The molecule has 3 nitrogen and oxygen atoms in total. The Bertz CT molecular complexity index is 390. The van der Waals surface area contributed by atoms with Crippen molar-refractivity contribution in [3.8, 4) is 0 Å². The highest BCUT2D eigenvalue weighted by atomic mass is 16.3. The predicted octanol–water partition coefficient (Wildman–Crippen LogP) is 1.92. The van der Waals surface area contributed by atoms with Gasteiger partial charge in [0, 0.05) is 19.6 Å². The van der Waals surface area contributed by atoms with Crippen LogP contribution in [0.1, 0.15) is 31.0 Å². The second-order valence-corrected chi connectivity index (χ2v) is 5.21. The Morgan fingerprint density at radius 3 is 2.68 bits per heavy atom. The van der Waals surface area contributed by atoms with Crippen molar-refractivity contribution in [3.63, 3.8) is 0 Å².